The second kappa shape index (κ2) is 7.72. The van der Waals surface area contributed by atoms with Crippen LogP contribution in [0.25, 0.3) is 0 Å². The number of rotatable bonds is 6. The van der Waals surface area contributed by atoms with E-state index >= 15 is 0 Å². The first-order chi connectivity index (χ1) is 12.4. The van der Waals surface area contributed by atoms with E-state index in [9.17, 15) is 4.79 Å². The number of nitrogens with zero attached hydrogens (tertiary/aromatic N) is 5. The Hall–Kier alpha value is -2.64. The lowest BCUT2D eigenvalue weighted by molar-refractivity contribution is -0.130. The predicted octanol–water partition coefficient (Wildman–Crippen LogP) is 1.76. The van der Waals surface area contributed by atoms with Crippen LogP contribution < -0.4 is 9.64 Å². The van der Waals surface area contributed by atoms with Crippen LogP contribution in [0.4, 0.5) is 5.82 Å². The number of aromatic nitrogens is 3. The Kier molecular flexibility index (Phi) is 5.39. The Bertz CT molecular complexity index is 754. The molecule has 26 heavy (non-hydrogen) atoms. The number of hydrogen-bond acceptors (Lipinski definition) is 7. The molecular weight excluding hydrogens is 334 g/mol. The molecule has 1 saturated heterocycles. The zero-order valence-electron chi connectivity index (χ0n) is 15.7. The third-order valence-corrected chi connectivity index (χ3v) is 4.61. The molecule has 0 bridgehead atoms. The third-order valence-electron chi connectivity index (χ3n) is 4.61. The molecule has 3 heterocycles. The summed E-state index contributed by atoms with van der Waals surface area (Å²) in [4.78, 5) is 24.8. The van der Waals surface area contributed by atoms with Crippen molar-refractivity contribution >= 4 is 11.7 Å². The highest BCUT2D eigenvalue weighted by Crippen LogP contribution is 2.20. The van der Waals surface area contributed by atoms with Gasteiger partial charge in [0.2, 0.25) is 11.8 Å². The molecule has 1 amide bonds. The maximum atomic E-state index is 12.5. The first-order valence-corrected chi connectivity index (χ1v) is 8.79. The van der Waals surface area contributed by atoms with Crippen LogP contribution in [0.5, 0.6) is 5.88 Å². The van der Waals surface area contributed by atoms with Crippen molar-refractivity contribution in [2.24, 2.45) is 0 Å². The largest absolute Gasteiger partial charge is 0.471 e. The van der Waals surface area contributed by atoms with Gasteiger partial charge in [0.15, 0.2) is 5.82 Å². The van der Waals surface area contributed by atoms with Crippen molar-refractivity contribution in [3.8, 4) is 5.88 Å². The number of aryl methyl sites for hydroxylation is 2. The van der Waals surface area contributed by atoms with E-state index in [0.29, 0.717) is 31.8 Å². The Morgan fingerprint density at radius 1 is 1.38 bits per heavy atom. The van der Waals surface area contributed by atoms with E-state index in [1.807, 2.05) is 37.7 Å². The fourth-order valence-electron chi connectivity index (χ4n) is 3.08. The molecule has 1 aliphatic rings. The van der Waals surface area contributed by atoms with Crippen LogP contribution in [-0.2, 0) is 11.2 Å². The van der Waals surface area contributed by atoms with Crippen molar-refractivity contribution in [1.82, 2.24) is 20.0 Å². The van der Waals surface area contributed by atoms with Gasteiger partial charge in [0, 0.05) is 39.0 Å². The topological polar surface area (TPSA) is 84.6 Å². The molecule has 8 nitrogen and oxygen atoms in total. The molecule has 8 heteroatoms. The number of carbonyl (C=O) groups excluding carboxylic acids is 1. The summed E-state index contributed by atoms with van der Waals surface area (Å²) in [6, 6.07) is 0. The highest BCUT2D eigenvalue weighted by atomic mass is 16.5. The molecule has 0 aromatic carbocycles. The smallest absolute Gasteiger partial charge is 0.234 e. The number of amides is 1. The van der Waals surface area contributed by atoms with Crippen molar-refractivity contribution in [2.45, 2.75) is 39.2 Å². The number of anilines is 1. The number of carbonyl (C=O) groups is 1. The first kappa shape index (κ1) is 18.2. The van der Waals surface area contributed by atoms with Gasteiger partial charge in [-0.15, -0.1) is 0 Å². The maximum absolute atomic E-state index is 12.5. The highest BCUT2D eigenvalue weighted by Gasteiger charge is 2.28. The van der Waals surface area contributed by atoms with Gasteiger partial charge in [-0.1, -0.05) is 5.16 Å². The number of likely N-dealkylation sites (tertiary alicyclic amines) is 1. The van der Waals surface area contributed by atoms with Gasteiger partial charge < -0.3 is 19.1 Å². The minimum absolute atomic E-state index is 0.0512. The van der Waals surface area contributed by atoms with Crippen LogP contribution in [0.15, 0.2) is 16.9 Å². The van der Waals surface area contributed by atoms with E-state index in [1.54, 1.807) is 12.4 Å². The zero-order chi connectivity index (χ0) is 18.7. The molecule has 0 radical (unpaired) electrons. The molecular formula is C18H25N5O3. The highest BCUT2D eigenvalue weighted by molar-refractivity contribution is 5.76. The summed E-state index contributed by atoms with van der Waals surface area (Å²) in [6.45, 7) is 5.06. The van der Waals surface area contributed by atoms with Gasteiger partial charge in [-0.2, -0.15) is 4.98 Å². The second-order valence-corrected chi connectivity index (χ2v) is 6.78. The van der Waals surface area contributed by atoms with Crippen LogP contribution in [0.3, 0.4) is 0 Å². The first-order valence-electron chi connectivity index (χ1n) is 8.79. The van der Waals surface area contributed by atoms with Crippen LogP contribution in [-0.4, -0.2) is 59.2 Å². The third kappa shape index (κ3) is 4.12. The summed E-state index contributed by atoms with van der Waals surface area (Å²) in [5, 5.41) is 3.93. The van der Waals surface area contributed by atoms with Gasteiger partial charge in [0.05, 0.1) is 24.6 Å². The number of hydrogen-bond donors (Lipinski definition) is 0. The molecule has 0 unspecified atom stereocenters. The lowest BCUT2D eigenvalue weighted by atomic mass is 10.1. The Balaban J connectivity index is 1.52. The molecule has 0 N–H and O–H groups in total. The minimum Gasteiger partial charge on any atom is -0.471 e. The standard InChI is InChI=1S/C18H25N5O3/c1-12-15(13(2)26-21-12)5-6-18(24)23-8-7-14(11-23)25-17-10-19-9-16(20-17)22(3)4/h9-10,14H,5-8,11H2,1-4H3/t14-/m0/s1. The normalized spacial score (nSPS) is 16.8. The average Bonchev–Trinajstić information content (AvgIpc) is 3.20. The average molecular weight is 359 g/mol. The van der Waals surface area contributed by atoms with Gasteiger partial charge in [-0.3, -0.25) is 9.78 Å². The Morgan fingerprint density at radius 2 is 2.19 bits per heavy atom. The van der Waals surface area contributed by atoms with E-state index in [1.165, 1.54) is 0 Å². The van der Waals surface area contributed by atoms with Crippen LogP contribution in [0, 0.1) is 13.8 Å². The molecule has 1 aliphatic heterocycles. The van der Waals surface area contributed by atoms with E-state index in [0.717, 1.165) is 29.3 Å². The maximum Gasteiger partial charge on any atom is 0.234 e. The second-order valence-electron chi connectivity index (χ2n) is 6.78. The molecule has 1 atom stereocenters. The monoisotopic (exact) mass is 359 g/mol. The lowest BCUT2D eigenvalue weighted by Gasteiger charge is -2.17. The van der Waals surface area contributed by atoms with Gasteiger partial charge in [-0.25, -0.2) is 0 Å². The van der Waals surface area contributed by atoms with Crippen LogP contribution >= 0.6 is 0 Å². The molecule has 0 spiro atoms. The van der Waals surface area contributed by atoms with Crippen molar-refractivity contribution in [3.63, 3.8) is 0 Å². The Labute approximate surface area is 153 Å². The van der Waals surface area contributed by atoms with Gasteiger partial charge in [0.25, 0.3) is 0 Å². The molecule has 0 aliphatic carbocycles. The number of ether oxygens (including phenoxy) is 1. The minimum atomic E-state index is -0.0512. The van der Waals surface area contributed by atoms with Gasteiger partial charge in [-0.05, 0) is 20.3 Å². The zero-order valence-corrected chi connectivity index (χ0v) is 15.7. The fourth-order valence-corrected chi connectivity index (χ4v) is 3.08. The van der Waals surface area contributed by atoms with E-state index in [4.69, 9.17) is 9.26 Å². The van der Waals surface area contributed by atoms with Crippen LogP contribution in [0.1, 0.15) is 29.9 Å². The molecule has 2 aromatic rings. The Morgan fingerprint density at radius 3 is 2.88 bits per heavy atom. The predicted molar refractivity (Wildman–Crippen MR) is 96.3 cm³/mol. The van der Waals surface area contributed by atoms with Gasteiger partial charge in [0.1, 0.15) is 11.9 Å². The van der Waals surface area contributed by atoms with Crippen molar-refractivity contribution in [1.29, 1.82) is 0 Å². The quantitative estimate of drug-likeness (QED) is 0.777. The fraction of sp³-hybridized carbons (Fsp3) is 0.556. The molecule has 140 valence electrons. The summed E-state index contributed by atoms with van der Waals surface area (Å²) in [5.41, 5.74) is 1.89. The summed E-state index contributed by atoms with van der Waals surface area (Å²) in [7, 11) is 3.81. The molecule has 3 rings (SSSR count). The van der Waals surface area contributed by atoms with Crippen molar-refractivity contribution < 1.29 is 14.1 Å². The molecule has 1 fully saturated rings. The van der Waals surface area contributed by atoms with Crippen LogP contribution in [0.2, 0.25) is 0 Å². The summed E-state index contributed by atoms with van der Waals surface area (Å²) in [6.07, 6.45) is 5.14. The molecule has 0 saturated carbocycles. The van der Waals surface area contributed by atoms with Crippen molar-refractivity contribution in [2.75, 3.05) is 32.1 Å². The lowest BCUT2D eigenvalue weighted by Crippen LogP contribution is -2.31. The van der Waals surface area contributed by atoms with Gasteiger partial charge >= 0.3 is 0 Å². The van der Waals surface area contributed by atoms with E-state index in [2.05, 4.69) is 15.1 Å². The SMILES string of the molecule is Cc1noc(C)c1CCC(=O)N1CC[C@H](Oc2cncc(N(C)C)n2)C1. The summed E-state index contributed by atoms with van der Waals surface area (Å²) < 4.78 is 11.1. The molecule has 2 aromatic heterocycles. The van der Waals surface area contributed by atoms with E-state index in [-0.39, 0.29) is 12.0 Å². The summed E-state index contributed by atoms with van der Waals surface area (Å²) in [5.74, 6) is 2.15. The summed E-state index contributed by atoms with van der Waals surface area (Å²) >= 11 is 0. The van der Waals surface area contributed by atoms with E-state index < -0.39 is 0 Å². The van der Waals surface area contributed by atoms with Crippen molar-refractivity contribution in [3.05, 3.63) is 29.4 Å².